The Balaban J connectivity index is 1.78. The van der Waals surface area contributed by atoms with E-state index in [2.05, 4.69) is 64.7 Å². The molecule has 0 aliphatic carbocycles. The normalized spacial score (nSPS) is 16.6. The number of hydrogen-bond donors (Lipinski definition) is 0. The van der Waals surface area contributed by atoms with Gasteiger partial charge in [-0.2, -0.15) is 0 Å². The molecular weight excluding hydrogens is 402 g/mol. The smallest absolute Gasteiger partial charge is 0.124 e. The van der Waals surface area contributed by atoms with Gasteiger partial charge in [-0.05, 0) is 43.0 Å². The SMILES string of the molecule is C=CCOc1ccccc1CN(Cc1ccc(C)cc1Br)CC1CCCO1. The van der Waals surface area contributed by atoms with Gasteiger partial charge in [0.15, 0.2) is 0 Å². The third kappa shape index (κ3) is 5.93. The van der Waals surface area contributed by atoms with E-state index in [9.17, 15) is 0 Å². The summed E-state index contributed by atoms with van der Waals surface area (Å²) in [6.07, 6.45) is 4.39. The molecule has 1 unspecified atom stereocenters. The fourth-order valence-corrected chi connectivity index (χ4v) is 4.07. The van der Waals surface area contributed by atoms with Crippen LogP contribution in [-0.4, -0.2) is 30.8 Å². The van der Waals surface area contributed by atoms with Gasteiger partial charge in [0, 0.05) is 36.3 Å². The summed E-state index contributed by atoms with van der Waals surface area (Å²) >= 11 is 3.73. The Kier molecular flexibility index (Phi) is 7.50. The van der Waals surface area contributed by atoms with Gasteiger partial charge in [0.2, 0.25) is 0 Å². The molecule has 3 rings (SSSR count). The molecule has 0 N–H and O–H groups in total. The zero-order chi connectivity index (χ0) is 19.1. The summed E-state index contributed by atoms with van der Waals surface area (Å²) in [5.74, 6) is 0.928. The number of para-hydroxylation sites is 1. The molecule has 0 bridgehead atoms. The topological polar surface area (TPSA) is 21.7 Å². The largest absolute Gasteiger partial charge is 0.489 e. The van der Waals surface area contributed by atoms with Crippen molar-refractivity contribution in [3.8, 4) is 5.75 Å². The van der Waals surface area contributed by atoms with Crippen LogP contribution >= 0.6 is 15.9 Å². The standard InChI is InChI=1S/C23H28BrNO2/c1-3-12-27-23-9-5-4-7-20(23)16-25(17-21-8-6-13-26-21)15-19-11-10-18(2)14-22(19)24/h3-5,7,9-11,14,21H,1,6,8,12-13,15-17H2,2H3. The molecule has 1 aliphatic heterocycles. The van der Waals surface area contributed by atoms with Gasteiger partial charge in [-0.3, -0.25) is 4.90 Å². The zero-order valence-corrected chi connectivity index (χ0v) is 17.6. The fraction of sp³-hybridized carbons (Fsp3) is 0.391. The number of nitrogens with zero attached hydrogens (tertiary/aromatic N) is 1. The summed E-state index contributed by atoms with van der Waals surface area (Å²) in [5, 5.41) is 0. The fourth-order valence-electron chi connectivity index (χ4n) is 3.45. The monoisotopic (exact) mass is 429 g/mol. The Morgan fingerprint density at radius 1 is 1.22 bits per heavy atom. The van der Waals surface area contributed by atoms with Crippen LogP contribution in [-0.2, 0) is 17.8 Å². The van der Waals surface area contributed by atoms with E-state index in [-0.39, 0.29) is 0 Å². The summed E-state index contributed by atoms with van der Waals surface area (Å²) in [6.45, 7) is 9.89. The lowest BCUT2D eigenvalue weighted by Crippen LogP contribution is -2.31. The van der Waals surface area contributed by atoms with Crippen LogP contribution < -0.4 is 4.74 Å². The van der Waals surface area contributed by atoms with E-state index in [1.165, 1.54) is 16.7 Å². The molecule has 0 spiro atoms. The maximum absolute atomic E-state index is 5.91. The Morgan fingerprint density at radius 2 is 2.04 bits per heavy atom. The Labute approximate surface area is 171 Å². The van der Waals surface area contributed by atoms with E-state index < -0.39 is 0 Å². The maximum atomic E-state index is 5.91. The van der Waals surface area contributed by atoms with Crippen LogP contribution in [0.25, 0.3) is 0 Å². The minimum absolute atomic E-state index is 0.315. The average molecular weight is 430 g/mol. The van der Waals surface area contributed by atoms with E-state index in [4.69, 9.17) is 9.47 Å². The molecule has 1 aliphatic rings. The number of halogens is 1. The molecule has 1 atom stereocenters. The third-order valence-corrected chi connectivity index (χ3v) is 5.55. The molecule has 0 amide bonds. The second-order valence-electron chi connectivity index (χ2n) is 7.11. The lowest BCUT2D eigenvalue weighted by Gasteiger charge is -2.26. The molecule has 0 aromatic heterocycles. The molecule has 1 fully saturated rings. The summed E-state index contributed by atoms with van der Waals surface area (Å²) in [6, 6.07) is 14.8. The van der Waals surface area contributed by atoms with Gasteiger partial charge in [-0.15, -0.1) is 0 Å². The van der Waals surface area contributed by atoms with Crippen LogP contribution in [0.3, 0.4) is 0 Å². The Bertz CT molecular complexity index is 756. The van der Waals surface area contributed by atoms with Crippen molar-refractivity contribution in [2.75, 3.05) is 19.8 Å². The van der Waals surface area contributed by atoms with Gasteiger partial charge in [0.05, 0.1) is 6.10 Å². The van der Waals surface area contributed by atoms with Crippen molar-refractivity contribution in [1.82, 2.24) is 4.90 Å². The highest BCUT2D eigenvalue weighted by Gasteiger charge is 2.21. The zero-order valence-electron chi connectivity index (χ0n) is 16.0. The van der Waals surface area contributed by atoms with E-state index in [0.29, 0.717) is 12.7 Å². The molecule has 2 aromatic rings. The van der Waals surface area contributed by atoms with Gasteiger partial charge in [0.1, 0.15) is 12.4 Å². The molecule has 0 radical (unpaired) electrons. The van der Waals surface area contributed by atoms with Crippen LogP contribution in [0.1, 0.15) is 29.5 Å². The van der Waals surface area contributed by atoms with Crippen molar-refractivity contribution in [2.24, 2.45) is 0 Å². The van der Waals surface area contributed by atoms with Gasteiger partial charge in [-0.25, -0.2) is 0 Å². The van der Waals surface area contributed by atoms with Crippen molar-refractivity contribution in [2.45, 2.75) is 39.0 Å². The van der Waals surface area contributed by atoms with E-state index in [0.717, 1.165) is 49.3 Å². The van der Waals surface area contributed by atoms with Crippen LogP contribution in [0.15, 0.2) is 59.6 Å². The van der Waals surface area contributed by atoms with Crippen molar-refractivity contribution >= 4 is 15.9 Å². The van der Waals surface area contributed by atoms with Crippen LogP contribution in [0.5, 0.6) is 5.75 Å². The van der Waals surface area contributed by atoms with Gasteiger partial charge < -0.3 is 9.47 Å². The van der Waals surface area contributed by atoms with Crippen molar-refractivity contribution in [3.05, 3.63) is 76.3 Å². The number of hydrogen-bond acceptors (Lipinski definition) is 3. The third-order valence-electron chi connectivity index (χ3n) is 4.81. The first-order valence-corrected chi connectivity index (χ1v) is 10.4. The summed E-state index contributed by atoms with van der Waals surface area (Å²) < 4.78 is 12.9. The molecule has 0 saturated carbocycles. The molecule has 1 heterocycles. The van der Waals surface area contributed by atoms with Crippen LogP contribution in [0, 0.1) is 6.92 Å². The van der Waals surface area contributed by atoms with Gasteiger partial charge >= 0.3 is 0 Å². The number of ether oxygens (including phenoxy) is 2. The predicted molar refractivity (Wildman–Crippen MR) is 114 cm³/mol. The Morgan fingerprint density at radius 3 is 2.78 bits per heavy atom. The first-order chi connectivity index (χ1) is 13.2. The van der Waals surface area contributed by atoms with Gasteiger partial charge in [-0.1, -0.05) is 58.9 Å². The second-order valence-corrected chi connectivity index (χ2v) is 7.96. The maximum Gasteiger partial charge on any atom is 0.124 e. The first kappa shape index (κ1) is 20.1. The first-order valence-electron chi connectivity index (χ1n) is 9.56. The minimum atomic E-state index is 0.315. The lowest BCUT2D eigenvalue weighted by atomic mass is 10.1. The summed E-state index contributed by atoms with van der Waals surface area (Å²) in [7, 11) is 0. The molecule has 1 saturated heterocycles. The lowest BCUT2D eigenvalue weighted by molar-refractivity contribution is 0.0675. The highest BCUT2D eigenvalue weighted by Crippen LogP contribution is 2.25. The molecule has 3 nitrogen and oxygen atoms in total. The van der Waals surface area contributed by atoms with Crippen molar-refractivity contribution < 1.29 is 9.47 Å². The molecule has 27 heavy (non-hydrogen) atoms. The van der Waals surface area contributed by atoms with E-state index in [1.807, 2.05) is 12.1 Å². The molecule has 4 heteroatoms. The quantitative estimate of drug-likeness (QED) is 0.490. The summed E-state index contributed by atoms with van der Waals surface area (Å²) in [5.41, 5.74) is 3.75. The van der Waals surface area contributed by atoms with Crippen LogP contribution in [0.2, 0.25) is 0 Å². The predicted octanol–water partition coefficient (Wildman–Crippen LogP) is 5.50. The molecule has 144 valence electrons. The van der Waals surface area contributed by atoms with Crippen molar-refractivity contribution in [1.29, 1.82) is 0 Å². The summed E-state index contributed by atoms with van der Waals surface area (Å²) in [4.78, 5) is 2.46. The number of rotatable bonds is 9. The highest BCUT2D eigenvalue weighted by atomic mass is 79.9. The van der Waals surface area contributed by atoms with Crippen LogP contribution in [0.4, 0.5) is 0 Å². The number of benzene rings is 2. The minimum Gasteiger partial charge on any atom is -0.489 e. The second kappa shape index (κ2) is 10.1. The average Bonchev–Trinajstić information content (AvgIpc) is 3.16. The van der Waals surface area contributed by atoms with E-state index in [1.54, 1.807) is 6.08 Å². The Hall–Kier alpha value is -1.62. The molecule has 2 aromatic carbocycles. The molecular formula is C23H28BrNO2. The van der Waals surface area contributed by atoms with Crippen molar-refractivity contribution in [3.63, 3.8) is 0 Å². The number of aryl methyl sites for hydroxylation is 1. The van der Waals surface area contributed by atoms with E-state index >= 15 is 0 Å². The highest BCUT2D eigenvalue weighted by molar-refractivity contribution is 9.10. The van der Waals surface area contributed by atoms with Gasteiger partial charge in [0.25, 0.3) is 0 Å².